The van der Waals surface area contributed by atoms with Crippen molar-refractivity contribution in [2.24, 2.45) is 11.7 Å². The monoisotopic (exact) mass is 312 g/mol. The molecule has 5 N–H and O–H groups in total. The Morgan fingerprint density at radius 3 is 2.45 bits per heavy atom. The van der Waals surface area contributed by atoms with Crippen LogP contribution >= 0.6 is 0 Å². The summed E-state index contributed by atoms with van der Waals surface area (Å²) in [5.74, 6) is 0.739. The van der Waals surface area contributed by atoms with E-state index in [0.717, 1.165) is 18.8 Å². The van der Waals surface area contributed by atoms with Crippen LogP contribution < -0.4 is 21.6 Å². The second-order valence-corrected chi connectivity index (χ2v) is 7.31. The summed E-state index contributed by atoms with van der Waals surface area (Å²) in [6.45, 7) is 2.27. The second-order valence-electron chi connectivity index (χ2n) is 7.31. The molecule has 1 saturated carbocycles. The van der Waals surface area contributed by atoms with E-state index in [-0.39, 0.29) is 17.5 Å². The van der Waals surface area contributed by atoms with Gasteiger partial charge in [-0.1, -0.05) is 64.7 Å². The first-order valence-electron chi connectivity index (χ1n) is 9.52. The lowest BCUT2D eigenvalue weighted by Gasteiger charge is -2.47. The predicted octanol–water partition coefficient (Wildman–Crippen LogP) is 1.79. The average Bonchev–Trinajstić information content (AvgIpc) is 2.50. The van der Waals surface area contributed by atoms with Gasteiger partial charge in [0.25, 0.3) is 0 Å². The largest absolute Gasteiger partial charge is 0.613 e. The van der Waals surface area contributed by atoms with E-state index in [4.69, 9.17) is 5.73 Å². The Morgan fingerprint density at radius 2 is 1.73 bits per heavy atom. The number of hydrogen-bond donors (Lipinski definition) is 4. The molecule has 0 aromatic heterocycles. The Morgan fingerprint density at radius 1 is 1.05 bits per heavy atom. The van der Waals surface area contributed by atoms with Crippen molar-refractivity contribution in [1.82, 2.24) is 10.7 Å². The molecule has 1 saturated heterocycles. The third kappa shape index (κ3) is 5.78. The molecule has 22 heavy (non-hydrogen) atoms. The zero-order valence-electron chi connectivity index (χ0n) is 14.3. The number of hydroxylamine groups is 1. The fraction of sp³-hybridized carbons (Fsp3) is 1.00. The molecule has 0 aromatic carbocycles. The normalized spacial score (nSPS) is 35.3. The van der Waals surface area contributed by atoms with Crippen LogP contribution in [0.4, 0.5) is 0 Å². The van der Waals surface area contributed by atoms with Gasteiger partial charge < -0.3 is 5.21 Å². The van der Waals surface area contributed by atoms with Gasteiger partial charge in [-0.3, -0.25) is 16.2 Å². The van der Waals surface area contributed by atoms with Crippen molar-refractivity contribution in [3.63, 3.8) is 0 Å². The number of rotatable bonds is 9. The van der Waals surface area contributed by atoms with Gasteiger partial charge in [-0.2, -0.15) is 0 Å². The summed E-state index contributed by atoms with van der Waals surface area (Å²) in [6.07, 6.45) is 15.4. The van der Waals surface area contributed by atoms with Crippen molar-refractivity contribution >= 4 is 0 Å². The first-order valence-corrected chi connectivity index (χ1v) is 9.52. The van der Waals surface area contributed by atoms with E-state index < -0.39 is 0 Å². The van der Waals surface area contributed by atoms with Crippen LogP contribution in [0.5, 0.6) is 0 Å². The van der Waals surface area contributed by atoms with Crippen molar-refractivity contribution in [1.29, 1.82) is 0 Å². The summed E-state index contributed by atoms with van der Waals surface area (Å²) in [6, 6.07) is 0.450. The van der Waals surface area contributed by atoms with Crippen LogP contribution in [-0.2, 0) is 0 Å². The number of hydrogen-bond acceptors (Lipinski definition) is 4. The Hall–Kier alpha value is -0.200. The number of unbranched alkanes of at least 4 members (excludes halogenated alkanes) is 7. The van der Waals surface area contributed by atoms with Gasteiger partial charge in [0.1, 0.15) is 6.04 Å². The molecule has 0 radical (unpaired) electrons. The van der Waals surface area contributed by atoms with Gasteiger partial charge in [-0.15, -0.1) is 5.43 Å². The van der Waals surface area contributed by atoms with Crippen LogP contribution in [0.15, 0.2) is 0 Å². The maximum atomic E-state index is 12.1. The van der Waals surface area contributed by atoms with E-state index in [9.17, 15) is 5.21 Å². The van der Waals surface area contributed by atoms with E-state index in [1.165, 1.54) is 64.2 Å². The third-order valence-electron chi connectivity index (χ3n) is 5.45. The quantitative estimate of drug-likeness (QED) is 0.387. The Labute approximate surface area is 135 Å². The maximum absolute atomic E-state index is 12.1. The summed E-state index contributed by atoms with van der Waals surface area (Å²) < 4.78 is 0. The first kappa shape index (κ1) is 18.1. The highest BCUT2D eigenvalue weighted by Gasteiger charge is 2.39. The number of nitrogens with two attached hydrogens (primary N) is 1. The van der Waals surface area contributed by atoms with Crippen LogP contribution in [0.25, 0.3) is 0 Å². The van der Waals surface area contributed by atoms with Gasteiger partial charge >= 0.3 is 0 Å². The van der Waals surface area contributed by atoms with Crippen LogP contribution in [0.1, 0.15) is 84.0 Å². The van der Waals surface area contributed by atoms with E-state index in [1.807, 2.05) is 0 Å². The van der Waals surface area contributed by atoms with E-state index >= 15 is 0 Å². The Bertz CT molecular complexity index is 302. The number of nitrogens with one attached hydrogen (secondary N) is 3. The number of quaternary nitrogens is 1. The topological polar surface area (TPSA) is 77.6 Å². The molecule has 0 aromatic rings. The summed E-state index contributed by atoms with van der Waals surface area (Å²) >= 11 is 0. The summed E-state index contributed by atoms with van der Waals surface area (Å²) in [7, 11) is 0. The van der Waals surface area contributed by atoms with Crippen LogP contribution in [0.2, 0.25) is 0 Å². The predicted molar refractivity (Wildman–Crippen MR) is 90.7 cm³/mol. The van der Waals surface area contributed by atoms with Crippen LogP contribution in [-0.4, -0.2) is 18.4 Å². The first-order chi connectivity index (χ1) is 10.7. The van der Waals surface area contributed by atoms with Crippen molar-refractivity contribution < 1.29 is 5.17 Å². The minimum atomic E-state index is -0.349. The van der Waals surface area contributed by atoms with Crippen molar-refractivity contribution in [3.8, 4) is 0 Å². The van der Waals surface area contributed by atoms with E-state index in [2.05, 4.69) is 17.7 Å². The van der Waals surface area contributed by atoms with Gasteiger partial charge in [0.15, 0.2) is 6.29 Å². The molecular formula is C17H36N4O. The Balaban J connectivity index is 1.54. The summed E-state index contributed by atoms with van der Waals surface area (Å²) in [5, 5.41) is 15.5. The van der Waals surface area contributed by atoms with E-state index in [1.54, 1.807) is 0 Å². The molecule has 2 aliphatic rings. The molecule has 1 aliphatic carbocycles. The van der Waals surface area contributed by atoms with Crippen LogP contribution in [0.3, 0.4) is 0 Å². The smallest absolute Gasteiger partial charge is 0.156 e. The second kappa shape index (κ2) is 9.83. The highest BCUT2D eigenvalue weighted by atomic mass is 16.5. The van der Waals surface area contributed by atoms with Gasteiger partial charge in [-0.25, -0.2) is 0 Å². The molecule has 5 atom stereocenters. The average molecular weight is 313 g/mol. The van der Waals surface area contributed by atoms with E-state index in [0.29, 0.717) is 6.04 Å². The molecule has 2 fully saturated rings. The third-order valence-corrected chi connectivity index (χ3v) is 5.45. The molecule has 5 unspecified atom stereocenters. The fourth-order valence-corrected chi connectivity index (χ4v) is 4.11. The maximum Gasteiger partial charge on any atom is 0.156 e. The molecule has 5 nitrogen and oxygen atoms in total. The van der Waals surface area contributed by atoms with Gasteiger partial charge in [0, 0.05) is 6.42 Å². The SMILES string of the molecule is CCCCCCCCCCC1CCC2NC(N)N[NH+]([O-])C2C1. The lowest BCUT2D eigenvalue weighted by atomic mass is 9.79. The van der Waals surface area contributed by atoms with Gasteiger partial charge in [-0.05, 0) is 18.8 Å². The van der Waals surface area contributed by atoms with Crippen molar-refractivity contribution in [2.75, 3.05) is 0 Å². The molecule has 2 rings (SSSR count). The molecule has 5 heteroatoms. The zero-order chi connectivity index (χ0) is 15.8. The fourth-order valence-electron chi connectivity index (χ4n) is 4.11. The Kier molecular flexibility index (Phi) is 8.11. The van der Waals surface area contributed by atoms with Crippen molar-refractivity contribution in [3.05, 3.63) is 5.21 Å². The molecule has 1 heterocycles. The summed E-state index contributed by atoms with van der Waals surface area (Å²) in [4.78, 5) is 0. The minimum Gasteiger partial charge on any atom is -0.613 e. The molecule has 130 valence electrons. The molecule has 0 amide bonds. The highest BCUT2D eigenvalue weighted by Crippen LogP contribution is 2.28. The van der Waals surface area contributed by atoms with Gasteiger partial charge in [0.2, 0.25) is 0 Å². The van der Waals surface area contributed by atoms with Gasteiger partial charge in [0.05, 0.1) is 6.04 Å². The molecular weight excluding hydrogens is 276 g/mol. The lowest BCUT2D eigenvalue weighted by Crippen LogP contribution is -3.23. The molecule has 1 aliphatic heterocycles. The zero-order valence-corrected chi connectivity index (χ0v) is 14.3. The standard InChI is InChI=1S/C17H36N4O/c1-2-3-4-5-6-7-8-9-10-14-11-12-15-16(13-14)21(22)20-17(18)19-15/h14-17,19-21H,2-13,18H2,1H3. The summed E-state index contributed by atoms with van der Waals surface area (Å²) in [5.41, 5.74) is 8.61. The molecule has 0 spiro atoms. The van der Waals surface area contributed by atoms with Crippen LogP contribution in [0, 0.1) is 11.1 Å². The minimum absolute atomic E-state index is 0.146. The molecule has 0 bridgehead atoms. The number of fused-ring (bicyclic) bond motifs is 1. The van der Waals surface area contributed by atoms with Crippen molar-refractivity contribution in [2.45, 2.75) is 102 Å². The lowest BCUT2D eigenvalue weighted by molar-refractivity contribution is -0.934. The highest BCUT2D eigenvalue weighted by molar-refractivity contribution is 4.87.